The van der Waals surface area contributed by atoms with Crippen LogP contribution in [-0.2, 0) is 39.6 Å². The number of ether oxygens (including phenoxy) is 2. The molecule has 0 fully saturated rings. The van der Waals surface area contributed by atoms with E-state index in [2.05, 4.69) is 19.9 Å². The summed E-state index contributed by atoms with van der Waals surface area (Å²) in [4.78, 5) is 29.5. The molecule has 0 aromatic carbocycles. The van der Waals surface area contributed by atoms with E-state index in [1.165, 1.54) is 29.6 Å². The van der Waals surface area contributed by atoms with E-state index in [1.54, 1.807) is 51.7 Å². The van der Waals surface area contributed by atoms with Crippen molar-refractivity contribution in [1.29, 1.82) is 0 Å². The summed E-state index contributed by atoms with van der Waals surface area (Å²) in [5.74, 6) is -0.965. The van der Waals surface area contributed by atoms with Crippen LogP contribution in [0.15, 0.2) is 37.4 Å². The average molecular weight is 573 g/mol. The lowest BCUT2D eigenvalue weighted by Crippen LogP contribution is -2.33. The van der Waals surface area contributed by atoms with Crippen molar-refractivity contribution in [3.8, 4) is 0 Å². The molecule has 0 bridgehead atoms. The number of aryl methyl sites for hydroxylation is 2. The van der Waals surface area contributed by atoms with E-state index in [0.29, 0.717) is 27.7 Å². The molecule has 0 saturated carbocycles. The highest BCUT2D eigenvalue weighted by Gasteiger charge is 2.41. The SMILES string of the molecule is CC(=O)c1ncc(C2(O)CCCn3cncc32)s1.COC(C)(OC)c1ncc(C2(O)CCCn3cncc32)s1. The number of ketones is 1. The fraction of sp³-hybridized carbons (Fsp3) is 0.500. The molecule has 208 valence electrons. The van der Waals surface area contributed by atoms with Crippen molar-refractivity contribution in [3.05, 3.63) is 68.6 Å². The zero-order chi connectivity index (χ0) is 27.8. The van der Waals surface area contributed by atoms with E-state index in [9.17, 15) is 15.0 Å². The second kappa shape index (κ2) is 10.6. The minimum absolute atomic E-state index is 0.0702. The highest BCUT2D eigenvalue weighted by atomic mass is 32.1. The van der Waals surface area contributed by atoms with E-state index in [1.807, 2.05) is 16.1 Å². The molecule has 0 saturated heterocycles. The van der Waals surface area contributed by atoms with Gasteiger partial charge < -0.3 is 28.8 Å². The Morgan fingerprint density at radius 3 is 1.90 bits per heavy atom. The summed E-state index contributed by atoms with van der Waals surface area (Å²) >= 11 is 2.67. The maximum absolute atomic E-state index is 11.3. The Labute approximate surface area is 234 Å². The standard InChI is InChI=1S/C14H19N3O3S.C12H13N3O2S/c1-13(19-2,20-3)12-16-8-11(21-12)14(18)5-4-6-17-9-15-7-10(14)17;1-8(16)11-14-6-10(18-11)12(17)3-2-4-15-7-13-5-9(12)15/h7-9,18H,4-6H2,1-3H3;5-7,17H,2-4H2,1H3. The van der Waals surface area contributed by atoms with Gasteiger partial charge >= 0.3 is 0 Å². The number of thiazole rings is 2. The second-order valence-corrected chi connectivity index (χ2v) is 11.9. The maximum atomic E-state index is 11.3. The highest BCUT2D eigenvalue weighted by Crippen LogP contribution is 2.42. The number of carbonyl (C=O) groups is 1. The molecule has 2 unspecified atom stereocenters. The molecule has 0 amide bonds. The van der Waals surface area contributed by atoms with E-state index < -0.39 is 17.0 Å². The van der Waals surface area contributed by atoms with Crippen molar-refractivity contribution in [2.24, 2.45) is 0 Å². The third-order valence-electron chi connectivity index (χ3n) is 7.44. The molecule has 13 heteroatoms. The zero-order valence-electron chi connectivity index (χ0n) is 22.3. The molecular formula is C26H32N6O5S2. The molecule has 0 spiro atoms. The van der Waals surface area contributed by atoms with Crippen LogP contribution in [0, 0.1) is 0 Å². The third-order valence-corrected chi connectivity index (χ3v) is 10.0. The fourth-order valence-electron chi connectivity index (χ4n) is 5.01. The van der Waals surface area contributed by atoms with Crippen LogP contribution < -0.4 is 0 Å². The lowest BCUT2D eigenvalue weighted by Gasteiger charge is -2.32. The molecule has 2 N–H and O–H groups in total. The van der Waals surface area contributed by atoms with Gasteiger partial charge in [-0.1, -0.05) is 0 Å². The number of aliphatic hydroxyl groups is 2. The van der Waals surface area contributed by atoms with Crippen molar-refractivity contribution >= 4 is 28.5 Å². The molecule has 2 aliphatic heterocycles. The largest absolute Gasteiger partial charge is 0.378 e. The topological polar surface area (TPSA) is 137 Å². The summed E-state index contributed by atoms with van der Waals surface area (Å²) in [5, 5.41) is 23.1. The molecule has 4 aromatic rings. The first-order chi connectivity index (χ1) is 18.6. The molecule has 11 nitrogen and oxygen atoms in total. The molecule has 6 rings (SSSR count). The molecule has 0 radical (unpaired) electrons. The monoisotopic (exact) mass is 572 g/mol. The first-order valence-corrected chi connectivity index (χ1v) is 14.3. The summed E-state index contributed by atoms with van der Waals surface area (Å²) in [7, 11) is 3.16. The summed E-state index contributed by atoms with van der Waals surface area (Å²) in [6.45, 7) is 5.05. The summed E-state index contributed by atoms with van der Waals surface area (Å²) < 4.78 is 14.7. The van der Waals surface area contributed by atoms with Crippen molar-refractivity contribution in [2.75, 3.05) is 14.2 Å². The molecule has 2 atom stereocenters. The fourth-order valence-corrected chi connectivity index (χ4v) is 7.10. The lowest BCUT2D eigenvalue weighted by atomic mass is 9.90. The third kappa shape index (κ3) is 4.87. The summed E-state index contributed by atoms with van der Waals surface area (Å²) in [5.41, 5.74) is -0.485. The van der Waals surface area contributed by atoms with E-state index in [0.717, 1.165) is 42.2 Å². The first-order valence-electron chi connectivity index (χ1n) is 12.6. The smallest absolute Gasteiger partial charge is 0.218 e. The predicted octanol–water partition coefficient (Wildman–Crippen LogP) is 3.41. The number of methoxy groups -OCH3 is 2. The van der Waals surface area contributed by atoms with Gasteiger partial charge in [-0.25, -0.2) is 19.9 Å². The maximum Gasteiger partial charge on any atom is 0.218 e. The lowest BCUT2D eigenvalue weighted by molar-refractivity contribution is -0.201. The number of carbonyl (C=O) groups excluding carboxylic acids is 1. The highest BCUT2D eigenvalue weighted by molar-refractivity contribution is 7.13. The molecule has 4 aromatic heterocycles. The second-order valence-electron chi connectivity index (χ2n) is 9.84. The predicted molar refractivity (Wildman–Crippen MR) is 145 cm³/mol. The quantitative estimate of drug-likeness (QED) is 0.263. The van der Waals surface area contributed by atoms with Gasteiger partial charge in [-0.2, -0.15) is 0 Å². The van der Waals surface area contributed by atoms with Gasteiger partial charge in [0.1, 0.15) is 11.2 Å². The molecule has 39 heavy (non-hydrogen) atoms. The van der Waals surface area contributed by atoms with Gasteiger partial charge in [-0.15, -0.1) is 22.7 Å². The van der Waals surface area contributed by atoms with Crippen molar-refractivity contribution in [1.82, 2.24) is 29.1 Å². The van der Waals surface area contributed by atoms with Crippen molar-refractivity contribution in [2.45, 2.75) is 69.6 Å². The number of hydrogen-bond donors (Lipinski definition) is 2. The number of hydrogen-bond acceptors (Lipinski definition) is 11. The van der Waals surface area contributed by atoms with Crippen LogP contribution in [0.3, 0.4) is 0 Å². The van der Waals surface area contributed by atoms with Crippen LogP contribution in [0.25, 0.3) is 0 Å². The average Bonchev–Trinajstić information content (AvgIpc) is 3.75. The van der Waals surface area contributed by atoms with E-state index >= 15 is 0 Å². The van der Waals surface area contributed by atoms with Crippen LogP contribution in [0.5, 0.6) is 0 Å². The Morgan fingerprint density at radius 2 is 1.41 bits per heavy atom. The van der Waals surface area contributed by atoms with Gasteiger partial charge in [-0.3, -0.25) is 4.79 Å². The first kappa shape index (κ1) is 27.7. The normalized spacial score (nSPS) is 22.5. The number of rotatable bonds is 6. The Bertz CT molecular complexity index is 1460. The Kier molecular flexibility index (Phi) is 7.57. The van der Waals surface area contributed by atoms with E-state index in [4.69, 9.17) is 9.47 Å². The van der Waals surface area contributed by atoms with Gasteiger partial charge in [0.05, 0.1) is 46.2 Å². The van der Waals surface area contributed by atoms with Gasteiger partial charge in [0.15, 0.2) is 15.8 Å². The van der Waals surface area contributed by atoms with Crippen LogP contribution in [0.1, 0.15) is 75.5 Å². The molecule has 0 aliphatic carbocycles. The minimum atomic E-state index is -1.06. The molecular weight excluding hydrogens is 540 g/mol. The summed E-state index contributed by atoms with van der Waals surface area (Å²) in [6, 6.07) is 0. The van der Waals surface area contributed by atoms with Crippen LogP contribution in [-0.4, -0.2) is 59.3 Å². The number of fused-ring (bicyclic) bond motifs is 2. The summed E-state index contributed by atoms with van der Waals surface area (Å²) in [6.07, 6.45) is 13.3. The Balaban J connectivity index is 0.000000160. The zero-order valence-corrected chi connectivity index (χ0v) is 24.0. The van der Waals surface area contributed by atoms with Crippen molar-refractivity contribution < 1.29 is 24.5 Å². The van der Waals surface area contributed by atoms with Gasteiger partial charge in [0, 0.05) is 46.6 Å². The number of aromatic nitrogens is 6. The van der Waals surface area contributed by atoms with Gasteiger partial charge in [-0.05, 0) is 32.6 Å². The molecule has 6 heterocycles. The van der Waals surface area contributed by atoms with Crippen LogP contribution in [0.4, 0.5) is 0 Å². The van der Waals surface area contributed by atoms with Gasteiger partial charge in [0.2, 0.25) is 5.79 Å². The minimum Gasteiger partial charge on any atom is -0.378 e. The van der Waals surface area contributed by atoms with Gasteiger partial charge in [0.25, 0.3) is 0 Å². The Hall–Kier alpha value is -2.81. The Morgan fingerprint density at radius 1 is 0.897 bits per heavy atom. The van der Waals surface area contributed by atoms with Crippen molar-refractivity contribution in [3.63, 3.8) is 0 Å². The van der Waals surface area contributed by atoms with Crippen LogP contribution >= 0.6 is 22.7 Å². The number of Topliss-reactive ketones (excluding diaryl/α,β-unsaturated/α-hetero) is 1. The van der Waals surface area contributed by atoms with Crippen LogP contribution in [0.2, 0.25) is 0 Å². The number of nitrogens with zero attached hydrogens (tertiary/aromatic N) is 6. The van der Waals surface area contributed by atoms with E-state index in [-0.39, 0.29) is 5.78 Å². The number of imidazole rings is 2. The molecule has 2 aliphatic rings.